The Labute approximate surface area is 157 Å². The number of nitrogens with two attached hydrogens (primary N) is 1. The van der Waals surface area contributed by atoms with Crippen molar-refractivity contribution in [2.75, 3.05) is 23.7 Å². The largest absolute Gasteiger partial charge is 0.370 e. The minimum Gasteiger partial charge on any atom is -0.370 e. The van der Waals surface area contributed by atoms with E-state index in [1.54, 1.807) is 6.20 Å². The molecule has 3 rings (SSSR count). The maximum Gasteiger partial charge on any atom is 0.227 e. The van der Waals surface area contributed by atoms with E-state index < -0.39 is 0 Å². The molecule has 0 fully saturated rings. The molecular formula is C19H21ClN6. The highest BCUT2D eigenvalue weighted by molar-refractivity contribution is 6.30. The van der Waals surface area contributed by atoms with Crippen molar-refractivity contribution in [3.05, 3.63) is 59.4 Å². The summed E-state index contributed by atoms with van der Waals surface area (Å²) in [7, 11) is 0. The Balaban J connectivity index is 1.83. The molecule has 1 aromatic carbocycles. The summed E-state index contributed by atoms with van der Waals surface area (Å²) in [5.41, 5.74) is 9.09. The number of nitrogens with zero attached hydrogens (tertiary/aromatic N) is 3. The maximum absolute atomic E-state index is 6.02. The highest BCUT2D eigenvalue weighted by Gasteiger charge is 2.06. The Kier molecular flexibility index (Phi) is 5.99. The van der Waals surface area contributed by atoms with E-state index in [0.29, 0.717) is 17.5 Å². The number of hydrogen-bond donors (Lipinski definition) is 3. The van der Waals surface area contributed by atoms with Gasteiger partial charge in [0.15, 0.2) is 0 Å². The van der Waals surface area contributed by atoms with Gasteiger partial charge in [0, 0.05) is 34.7 Å². The van der Waals surface area contributed by atoms with Gasteiger partial charge in [-0.25, -0.2) is 15.0 Å². The molecule has 2 heterocycles. The summed E-state index contributed by atoms with van der Waals surface area (Å²) < 4.78 is 0. The third-order valence-electron chi connectivity index (χ3n) is 3.67. The smallest absolute Gasteiger partial charge is 0.227 e. The molecule has 4 N–H and O–H groups in total. The van der Waals surface area contributed by atoms with Crippen molar-refractivity contribution in [1.29, 1.82) is 0 Å². The average molecular weight is 369 g/mol. The molecule has 26 heavy (non-hydrogen) atoms. The summed E-state index contributed by atoms with van der Waals surface area (Å²) >= 11 is 6.02. The van der Waals surface area contributed by atoms with Crippen LogP contribution in [0, 0.1) is 6.92 Å². The molecular weight excluding hydrogens is 348 g/mol. The van der Waals surface area contributed by atoms with Gasteiger partial charge in [0.05, 0.1) is 5.69 Å². The van der Waals surface area contributed by atoms with Crippen LogP contribution in [0.15, 0.2) is 48.7 Å². The van der Waals surface area contributed by atoms with Crippen molar-refractivity contribution in [3.63, 3.8) is 0 Å². The fourth-order valence-corrected chi connectivity index (χ4v) is 2.69. The minimum absolute atomic E-state index is 0.511. The van der Waals surface area contributed by atoms with E-state index in [2.05, 4.69) is 25.6 Å². The molecule has 0 aliphatic heterocycles. The first kappa shape index (κ1) is 18.1. The van der Waals surface area contributed by atoms with Crippen molar-refractivity contribution >= 4 is 29.1 Å². The van der Waals surface area contributed by atoms with Gasteiger partial charge in [0.2, 0.25) is 5.95 Å². The Hall–Kier alpha value is -2.70. The molecule has 0 aliphatic carbocycles. The van der Waals surface area contributed by atoms with E-state index in [9.17, 15) is 0 Å². The van der Waals surface area contributed by atoms with Crippen molar-refractivity contribution in [2.24, 2.45) is 5.73 Å². The number of rotatable bonds is 7. The number of anilines is 3. The van der Waals surface area contributed by atoms with Gasteiger partial charge in [-0.15, -0.1) is 0 Å². The second-order valence-electron chi connectivity index (χ2n) is 5.85. The molecule has 0 amide bonds. The normalized spacial score (nSPS) is 10.6. The topological polar surface area (TPSA) is 88.8 Å². The van der Waals surface area contributed by atoms with Crippen LogP contribution in [0.3, 0.4) is 0 Å². The van der Waals surface area contributed by atoms with Crippen LogP contribution in [0.2, 0.25) is 5.02 Å². The van der Waals surface area contributed by atoms with Crippen molar-refractivity contribution in [2.45, 2.75) is 13.3 Å². The van der Waals surface area contributed by atoms with Crippen LogP contribution in [0.25, 0.3) is 11.3 Å². The molecule has 6 nitrogen and oxygen atoms in total. The maximum atomic E-state index is 6.02. The van der Waals surface area contributed by atoms with E-state index in [4.69, 9.17) is 17.3 Å². The lowest BCUT2D eigenvalue weighted by Crippen LogP contribution is -2.09. The lowest BCUT2D eigenvalue weighted by Gasteiger charge is -2.10. The standard InChI is InChI=1S/C19H21ClN6/c1-13-10-14(11-18(24-13)22-8-3-7-21)17-6-9-23-19(26-17)25-16-5-2-4-15(20)12-16/h2,4-6,9-12H,3,7-8,21H2,1H3,(H,22,24)(H,23,25,26). The summed E-state index contributed by atoms with van der Waals surface area (Å²) in [6, 6.07) is 13.3. The van der Waals surface area contributed by atoms with E-state index in [-0.39, 0.29) is 0 Å². The van der Waals surface area contributed by atoms with Gasteiger partial charge in [-0.3, -0.25) is 0 Å². The lowest BCUT2D eigenvalue weighted by molar-refractivity contribution is 0.869. The number of pyridine rings is 1. The first-order valence-electron chi connectivity index (χ1n) is 8.43. The van der Waals surface area contributed by atoms with Gasteiger partial charge in [0.25, 0.3) is 0 Å². The molecule has 0 saturated heterocycles. The highest BCUT2D eigenvalue weighted by Crippen LogP contribution is 2.23. The molecule has 0 bridgehead atoms. The summed E-state index contributed by atoms with van der Waals surface area (Å²) in [5.74, 6) is 1.33. The predicted octanol–water partition coefficient (Wildman–Crippen LogP) is 4.00. The quantitative estimate of drug-likeness (QED) is 0.546. The van der Waals surface area contributed by atoms with Gasteiger partial charge in [0.1, 0.15) is 5.82 Å². The van der Waals surface area contributed by atoms with Gasteiger partial charge in [-0.1, -0.05) is 17.7 Å². The predicted molar refractivity (Wildman–Crippen MR) is 107 cm³/mol. The molecule has 2 aromatic heterocycles. The first-order chi connectivity index (χ1) is 12.6. The van der Waals surface area contributed by atoms with Crippen molar-refractivity contribution < 1.29 is 0 Å². The monoisotopic (exact) mass is 368 g/mol. The van der Waals surface area contributed by atoms with E-state index in [1.165, 1.54) is 0 Å². The molecule has 0 radical (unpaired) electrons. The van der Waals surface area contributed by atoms with E-state index >= 15 is 0 Å². The second-order valence-corrected chi connectivity index (χ2v) is 6.29. The molecule has 0 spiro atoms. The van der Waals surface area contributed by atoms with Gasteiger partial charge < -0.3 is 16.4 Å². The van der Waals surface area contributed by atoms with Crippen LogP contribution in [-0.4, -0.2) is 28.0 Å². The second kappa shape index (κ2) is 8.60. The first-order valence-corrected chi connectivity index (χ1v) is 8.80. The number of aromatic nitrogens is 3. The van der Waals surface area contributed by atoms with Crippen LogP contribution in [0.4, 0.5) is 17.5 Å². The molecule has 0 saturated carbocycles. The molecule has 134 valence electrons. The SMILES string of the molecule is Cc1cc(-c2ccnc(Nc3cccc(Cl)c3)n2)cc(NCCCN)n1. The fraction of sp³-hybridized carbons (Fsp3) is 0.211. The van der Waals surface area contributed by atoms with Crippen LogP contribution in [0.5, 0.6) is 0 Å². The third kappa shape index (κ3) is 4.91. The highest BCUT2D eigenvalue weighted by atomic mass is 35.5. The number of aryl methyl sites for hydroxylation is 1. The molecule has 3 aromatic rings. The summed E-state index contributed by atoms with van der Waals surface area (Å²) in [4.78, 5) is 13.4. The number of halogens is 1. The summed E-state index contributed by atoms with van der Waals surface area (Å²) in [6.07, 6.45) is 2.62. The average Bonchev–Trinajstić information content (AvgIpc) is 2.62. The van der Waals surface area contributed by atoms with E-state index in [0.717, 1.165) is 41.4 Å². The molecule has 0 unspecified atom stereocenters. The number of hydrogen-bond acceptors (Lipinski definition) is 6. The van der Waals surface area contributed by atoms with Crippen LogP contribution in [0.1, 0.15) is 12.1 Å². The van der Waals surface area contributed by atoms with Crippen molar-refractivity contribution in [3.8, 4) is 11.3 Å². The van der Waals surface area contributed by atoms with Gasteiger partial charge in [-0.05, 0) is 56.3 Å². The lowest BCUT2D eigenvalue weighted by atomic mass is 10.1. The van der Waals surface area contributed by atoms with Gasteiger partial charge in [-0.2, -0.15) is 0 Å². The molecule has 0 aliphatic rings. The van der Waals surface area contributed by atoms with Crippen molar-refractivity contribution in [1.82, 2.24) is 15.0 Å². The minimum atomic E-state index is 0.511. The zero-order valence-corrected chi connectivity index (χ0v) is 15.3. The zero-order valence-electron chi connectivity index (χ0n) is 14.5. The Bertz CT molecular complexity index is 883. The van der Waals surface area contributed by atoms with Gasteiger partial charge >= 0.3 is 0 Å². The fourth-order valence-electron chi connectivity index (χ4n) is 2.50. The molecule has 7 heteroatoms. The Morgan fingerprint density at radius 3 is 2.81 bits per heavy atom. The number of benzene rings is 1. The Morgan fingerprint density at radius 2 is 2.00 bits per heavy atom. The summed E-state index contributed by atoms with van der Waals surface area (Å²) in [5, 5.41) is 7.12. The van der Waals surface area contributed by atoms with Crippen LogP contribution < -0.4 is 16.4 Å². The van der Waals surface area contributed by atoms with Crippen LogP contribution >= 0.6 is 11.6 Å². The van der Waals surface area contributed by atoms with E-state index in [1.807, 2.05) is 49.4 Å². The van der Waals surface area contributed by atoms with Crippen LogP contribution in [-0.2, 0) is 0 Å². The molecule has 0 atom stereocenters. The number of nitrogens with one attached hydrogen (secondary N) is 2. The Morgan fingerprint density at radius 1 is 1.12 bits per heavy atom. The third-order valence-corrected chi connectivity index (χ3v) is 3.91. The zero-order chi connectivity index (χ0) is 18.4. The summed E-state index contributed by atoms with van der Waals surface area (Å²) in [6.45, 7) is 3.40.